The molecule has 174 valence electrons. The summed E-state index contributed by atoms with van der Waals surface area (Å²) < 4.78 is 5.35. The first-order valence-corrected chi connectivity index (χ1v) is 11.0. The molecule has 2 aliphatic rings. The lowest BCUT2D eigenvalue weighted by Crippen LogP contribution is -2.50. The third-order valence-corrected chi connectivity index (χ3v) is 5.51. The van der Waals surface area contributed by atoms with Gasteiger partial charge < -0.3 is 9.64 Å². The minimum atomic E-state index is -0.487. The van der Waals surface area contributed by atoms with Gasteiger partial charge in [0.1, 0.15) is 5.60 Å². The highest BCUT2D eigenvalue weighted by Crippen LogP contribution is 2.24. The van der Waals surface area contributed by atoms with E-state index in [4.69, 9.17) is 4.74 Å². The second-order valence-corrected chi connectivity index (χ2v) is 9.23. The standard InChI is InChI=1S/C23H32N4O5/c1-16-5-6-17(15-18(16)27-10-7-19(28)24-22(27)31)21(30)26-13-11-25(12-14-26)9-8-20(29)32-23(2,3)4/h5-6,15H,7-14H2,1-4H3,(H,24,28,31). The Bertz CT molecular complexity index is 900. The van der Waals surface area contributed by atoms with Crippen LogP contribution in [0.4, 0.5) is 10.5 Å². The summed E-state index contributed by atoms with van der Waals surface area (Å²) in [6, 6.07) is 4.85. The molecule has 1 aromatic carbocycles. The maximum atomic E-state index is 13.1. The molecule has 9 heteroatoms. The molecule has 2 saturated heterocycles. The minimum Gasteiger partial charge on any atom is -0.460 e. The topological polar surface area (TPSA) is 99.3 Å². The zero-order valence-corrected chi connectivity index (χ0v) is 19.3. The van der Waals surface area contributed by atoms with E-state index >= 15 is 0 Å². The molecule has 1 aromatic rings. The fraction of sp³-hybridized carbons (Fsp3) is 0.565. The summed E-state index contributed by atoms with van der Waals surface area (Å²) in [6.45, 7) is 10.8. The van der Waals surface area contributed by atoms with Crippen LogP contribution in [-0.2, 0) is 14.3 Å². The predicted molar refractivity (Wildman–Crippen MR) is 119 cm³/mol. The van der Waals surface area contributed by atoms with Crippen molar-refractivity contribution in [2.45, 2.75) is 46.1 Å². The average Bonchev–Trinajstić information content (AvgIpc) is 2.72. The van der Waals surface area contributed by atoms with Crippen molar-refractivity contribution >= 4 is 29.5 Å². The summed E-state index contributed by atoms with van der Waals surface area (Å²) in [5.41, 5.74) is 1.52. The zero-order valence-electron chi connectivity index (χ0n) is 19.3. The Morgan fingerprint density at radius 2 is 1.75 bits per heavy atom. The summed E-state index contributed by atoms with van der Waals surface area (Å²) in [5, 5.41) is 2.32. The number of ether oxygens (including phenoxy) is 1. The first-order chi connectivity index (χ1) is 15.0. The van der Waals surface area contributed by atoms with Gasteiger partial charge in [-0.1, -0.05) is 6.07 Å². The number of hydrogen-bond donors (Lipinski definition) is 1. The number of imide groups is 1. The third-order valence-electron chi connectivity index (χ3n) is 5.51. The first-order valence-electron chi connectivity index (χ1n) is 11.0. The van der Waals surface area contributed by atoms with Crippen molar-refractivity contribution in [1.82, 2.24) is 15.1 Å². The Kier molecular flexibility index (Phi) is 7.18. The molecule has 0 radical (unpaired) electrons. The van der Waals surface area contributed by atoms with Crippen molar-refractivity contribution in [1.29, 1.82) is 0 Å². The van der Waals surface area contributed by atoms with Gasteiger partial charge in [0.05, 0.1) is 6.42 Å². The molecular weight excluding hydrogens is 412 g/mol. The highest BCUT2D eigenvalue weighted by atomic mass is 16.6. The summed E-state index contributed by atoms with van der Waals surface area (Å²) >= 11 is 0. The van der Waals surface area contributed by atoms with Gasteiger partial charge in [0.25, 0.3) is 5.91 Å². The second-order valence-electron chi connectivity index (χ2n) is 9.23. The van der Waals surface area contributed by atoms with Crippen molar-refractivity contribution in [3.05, 3.63) is 29.3 Å². The van der Waals surface area contributed by atoms with E-state index in [2.05, 4.69) is 10.2 Å². The molecule has 0 aliphatic carbocycles. The lowest BCUT2D eigenvalue weighted by Gasteiger charge is -2.35. The molecular formula is C23H32N4O5. The molecule has 0 atom stereocenters. The molecule has 0 saturated carbocycles. The smallest absolute Gasteiger partial charge is 0.328 e. The Hall–Kier alpha value is -2.94. The fourth-order valence-corrected chi connectivity index (χ4v) is 3.83. The molecule has 0 bridgehead atoms. The maximum absolute atomic E-state index is 13.1. The van der Waals surface area contributed by atoms with Crippen LogP contribution in [0.3, 0.4) is 0 Å². The molecule has 32 heavy (non-hydrogen) atoms. The molecule has 3 rings (SSSR count). The van der Waals surface area contributed by atoms with Gasteiger partial charge in [0, 0.05) is 56.9 Å². The van der Waals surface area contributed by atoms with Gasteiger partial charge in [-0.2, -0.15) is 0 Å². The van der Waals surface area contributed by atoms with Crippen molar-refractivity contribution in [3.63, 3.8) is 0 Å². The van der Waals surface area contributed by atoms with E-state index in [1.807, 2.05) is 33.8 Å². The van der Waals surface area contributed by atoms with E-state index in [-0.39, 0.29) is 24.2 Å². The van der Waals surface area contributed by atoms with Gasteiger partial charge in [-0.15, -0.1) is 0 Å². The monoisotopic (exact) mass is 444 g/mol. The number of benzene rings is 1. The number of amides is 4. The van der Waals surface area contributed by atoms with Gasteiger partial charge in [0.15, 0.2) is 0 Å². The number of aryl methyl sites for hydroxylation is 1. The molecule has 4 amide bonds. The third kappa shape index (κ3) is 6.06. The van der Waals surface area contributed by atoms with E-state index < -0.39 is 11.6 Å². The summed E-state index contributed by atoms with van der Waals surface area (Å²) in [4.78, 5) is 54.1. The van der Waals surface area contributed by atoms with Crippen LogP contribution in [0.5, 0.6) is 0 Å². The highest BCUT2D eigenvalue weighted by Gasteiger charge is 2.28. The second kappa shape index (κ2) is 9.68. The van der Waals surface area contributed by atoms with Crippen molar-refractivity contribution in [2.75, 3.05) is 44.2 Å². The molecule has 1 N–H and O–H groups in total. The number of anilines is 1. The fourth-order valence-electron chi connectivity index (χ4n) is 3.83. The minimum absolute atomic E-state index is 0.0912. The SMILES string of the molecule is Cc1ccc(C(=O)N2CCN(CCC(=O)OC(C)(C)C)CC2)cc1N1CCC(=O)NC1=O. The predicted octanol–water partition coefficient (Wildman–Crippen LogP) is 1.93. The van der Waals surface area contributed by atoms with Crippen LogP contribution in [0.1, 0.15) is 49.5 Å². The Morgan fingerprint density at radius 1 is 1.06 bits per heavy atom. The van der Waals surface area contributed by atoms with Gasteiger partial charge in [-0.25, -0.2) is 4.79 Å². The van der Waals surface area contributed by atoms with E-state index in [0.29, 0.717) is 56.9 Å². The number of rotatable bonds is 5. The Balaban J connectivity index is 1.57. The Morgan fingerprint density at radius 3 is 2.38 bits per heavy atom. The molecule has 0 unspecified atom stereocenters. The number of carbonyl (C=O) groups is 4. The van der Waals surface area contributed by atoms with Gasteiger partial charge in [-0.05, 0) is 45.4 Å². The number of nitrogens with one attached hydrogen (secondary N) is 1. The number of urea groups is 1. The quantitative estimate of drug-likeness (QED) is 0.697. The summed E-state index contributed by atoms with van der Waals surface area (Å²) in [6.07, 6.45) is 0.557. The first kappa shape index (κ1) is 23.7. The summed E-state index contributed by atoms with van der Waals surface area (Å²) in [7, 11) is 0. The van der Waals surface area contributed by atoms with Crippen LogP contribution in [0.25, 0.3) is 0 Å². The molecule has 2 heterocycles. The van der Waals surface area contributed by atoms with E-state index in [1.54, 1.807) is 17.0 Å². The maximum Gasteiger partial charge on any atom is 0.328 e. The normalized spacial score (nSPS) is 17.9. The summed E-state index contributed by atoms with van der Waals surface area (Å²) in [5.74, 6) is -0.598. The van der Waals surface area contributed by atoms with Gasteiger partial charge >= 0.3 is 12.0 Å². The largest absolute Gasteiger partial charge is 0.460 e. The van der Waals surface area contributed by atoms with E-state index in [0.717, 1.165) is 5.56 Å². The number of hydrogen-bond acceptors (Lipinski definition) is 6. The van der Waals surface area contributed by atoms with Crippen molar-refractivity contribution in [3.8, 4) is 0 Å². The molecule has 0 spiro atoms. The highest BCUT2D eigenvalue weighted by molar-refractivity contribution is 6.06. The number of nitrogens with zero attached hydrogens (tertiary/aromatic N) is 3. The van der Waals surface area contributed by atoms with Crippen molar-refractivity contribution in [2.24, 2.45) is 0 Å². The average molecular weight is 445 g/mol. The zero-order chi connectivity index (χ0) is 23.5. The lowest BCUT2D eigenvalue weighted by molar-refractivity contribution is -0.155. The lowest BCUT2D eigenvalue weighted by atomic mass is 10.1. The van der Waals surface area contributed by atoms with E-state index in [1.165, 1.54) is 4.90 Å². The Labute approximate surface area is 188 Å². The van der Waals surface area contributed by atoms with Crippen LogP contribution in [-0.4, -0.2) is 78.5 Å². The molecule has 2 fully saturated rings. The van der Waals surface area contributed by atoms with Crippen LogP contribution < -0.4 is 10.2 Å². The molecule has 9 nitrogen and oxygen atoms in total. The van der Waals surface area contributed by atoms with Crippen LogP contribution >= 0.6 is 0 Å². The van der Waals surface area contributed by atoms with Gasteiger partial charge in [0.2, 0.25) is 5.91 Å². The van der Waals surface area contributed by atoms with Crippen molar-refractivity contribution < 1.29 is 23.9 Å². The van der Waals surface area contributed by atoms with Gasteiger partial charge in [-0.3, -0.25) is 29.5 Å². The molecule has 2 aliphatic heterocycles. The van der Waals surface area contributed by atoms with Crippen LogP contribution in [0.15, 0.2) is 18.2 Å². The number of esters is 1. The van der Waals surface area contributed by atoms with E-state index in [9.17, 15) is 19.2 Å². The molecule has 0 aromatic heterocycles. The number of piperazine rings is 1. The van der Waals surface area contributed by atoms with Crippen LogP contribution in [0, 0.1) is 6.92 Å². The van der Waals surface area contributed by atoms with Crippen LogP contribution in [0.2, 0.25) is 0 Å². The number of carbonyl (C=O) groups excluding carboxylic acids is 4.